The summed E-state index contributed by atoms with van der Waals surface area (Å²) in [5.41, 5.74) is 5.15. The first-order valence-electron chi connectivity index (χ1n) is 9.74. The van der Waals surface area contributed by atoms with Crippen molar-refractivity contribution in [3.63, 3.8) is 0 Å². The van der Waals surface area contributed by atoms with E-state index in [-0.39, 0.29) is 11.5 Å². The molecule has 0 spiro atoms. The number of ether oxygens (including phenoxy) is 2. The number of benzene rings is 2. The molecule has 8 nitrogen and oxygen atoms in total. The Morgan fingerprint density at radius 1 is 0.968 bits per heavy atom. The topological polar surface area (TPSA) is 106 Å². The fourth-order valence-corrected chi connectivity index (χ4v) is 2.98. The van der Waals surface area contributed by atoms with Crippen LogP contribution in [-0.4, -0.2) is 37.5 Å². The highest BCUT2D eigenvalue weighted by Crippen LogP contribution is 2.22. The van der Waals surface area contributed by atoms with Gasteiger partial charge in [-0.15, -0.1) is 0 Å². The van der Waals surface area contributed by atoms with Gasteiger partial charge in [-0.3, -0.25) is 25.2 Å². The predicted molar refractivity (Wildman–Crippen MR) is 117 cm³/mol. The van der Waals surface area contributed by atoms with Gasteiger partial charge in [-0.05, 0) is 43.2 Å². The zero-order valence-electron chi connectivity index (χ0n) is 17.8. The van der Waals surface area contributed by atoms with Crippen LogP contribution in [0, 0.1) is 5.92 Å². The summed E-state index contributed by atoms with van der Waals surface area (Å²) >= 11 is 5.94. The SMILES string of the molecule is CCOc1ccccc1C(=O)N[C@H](C(=O)NNC(=O)c1cc(Cl)ccc1OC)C(C)C. The Balaban J connectivity index is 2.09. The van der Waals surface area contributed by atoms with Crippen molar-refractivity contribution in [3.8, 4) is 11.5 Å². The highest BCUT2D eigenvalue weighted by Gasteiger charge is 2.26. The minimum atomic E-state index is -0.899. The predicted octanol–water partition coefficient (Wildman–Crippen LogP) is 2.96. The molecule has 9 heteroatoms. The lowest BCUT2D eigenvalue weighted by Crippen LogP contribution is -2.54. The number of rotatable bonds is 8. The molecule has 2 aromatic carbocycles. The van der Waals surface area contributed by atoms with Gasteiger partial charge in [0.05, 0.1) is 24.8 Å². The Hall–Kier alpha value is -3.26. The lowest BCUT2D eigenvalue weighted by molar-refractivity contribution is -0.124. The molecular weight excluding hydrogens is 422 g/mol. The first-order valence-corrected chi connectivity index (χ1v) is 10.1. The fourth-order valence-electron chi connectivity index (χ4n) is 2.81. The van der Waals surface area contributed by atoms with Gasteiger partial charge in [0, 0.05) is 5.02 Å². The zero-order chi connectivity index (χ0) is 23.0. The van der Waals surface area contributed by atoms with E-state index in [1.54, 1.807) is 50.2 Å². The molecule has 0 aliphatic heterocycles. The molecule has 1 atom stereocenters. The molecule has 0 bridgehead atoms. The number of para-hydroxylation sites is 1. The Morgan fingerprint density at radius 2 is 1.68 bits per heavy atom. The number of methoxy groups -OCH3 is 1. The number of amides is 3. The van der Waals surface area contributed by atoms with E-state index in [0.29, 0.717) is 28.7 Å². The van der Waals surface area contributed by atoms with Crippen LogP contribution >= 0.6 is 11.6 Å². The lowest BCUT2D eigenvalue weighted by atomic mass is 10.0. The molecule has 0 heterocycles. The fraction of sp³-hybridized carbons (Fsp3) is 0.318. The van der Waals surface area contributed by atoms with Crippen molar-refractivity contribution in [1.29, 1.82) is 0 Å². The Morgan fingerprint density at radius 3 is 2.32 bits per heavy atom. The van der Waals surface area contributed by atoms with Gasteiger partial charge in [-0.1, -0.05) is 37.6 Å². The van der Waals surface area contributed by atoms with Crippen molar-refractivity contribution >= 4 is 29.3 Å². The molecule has 0 saturated heterocycles. The third-order valence-electron chi connectivity index (χ3n) is 4.37. The Bertz CT molecular complexity index is 948. The first kappa shape index (κ1) is 24.0. The van der Waals surface area contributed by atoms with Gasteiger partial charge >= 0.3 is 0 Å². The van der Waals surface area contributed by atoms with Gasteiger partial charge in [0.2, 0.25) is 0 Å². The molecule has 0 unspecified atom stereocenters. The quantitative estimate of drug-likeness (QED) is 0.539. The van der Waals surface area contributed by atoms with Crippen molar-refractivity contribution < 1.29 is 23.9 Å². The van der Waals surface area contributed by atoms with Gasteiger partial charge in [0.15, 0.2) is 0 Å². The van der Waals surface area contributed by atoms with Crippen LogP contribution in [0.4, 0.5) is 0 Å². The van der Waals surface area contributed by atoms with Crippen LogP contribution in [0.1, 0.15) is 41.5 Å². The zero-order valence-corrected chi connectivity index (χ0v) is 18.6. The molecule has 0 radical (unpaired) electrons. The van der Waals surface area contributed by atoms with Crippen LogP contribution in [0.3, 0.4) is 0 Å². The summed E-state index contributed by atoms with van der Waals surface area (Å²) in [6, 6.07) is 10.4. The molecule has 166 valence electrons. The van der Waals surface area contributed by atoms with E-state index in [4.69, 9.17) is 21.1 Å². The molecular formula is C22H26ClN3O5. The molecule has 3 amide bonds. The normalized spacial score (nSPS) is 11.4. The van der Waals surface area contributed by atoms with Gasteiger partial charge in [0.25, 0.3) is 17.7 Å². The number of halogens is 1. The summed E-state index contributed by atoms with van der Waals surface area (Å²) in [5.74, 6) is -1.17. The van der Waals surface area contributed by atoms with E-state index >= 15 is 0 Å². The van der Waals surface area contributed by atoms with Crippen LogP contribution in [0.15, 0.2) is 42.5 Å². The summed E-state index contributed by atoms with van der Waals surface area (Å²) in [6.45, 7) is 5.77. The molecule has 2 aromatic rings. The van der Waals surface area contributed by atoms with Crippen LogP contribution in [0.5, 0.6) is 11.5 Å². The maximum Gasteiger partial charge on any atom is 0.273 e. The number of hydrogen-bond donors (Lipinski definition) is 3. The molecule has 0 aliphatic carbocycles. The molecule has 3 N–H and O–H groups in total. The van der Waals surface area contributed by atoms with Gasteiger partial charge in [-0.2, -0.15) is 0 Å². The van der Waals surface area contributed by atoms with Crippen molar-refractivity contribution in [1.82, 2.24) is 16.2 Å². The average molecular weight is 448 g/mol. The highest BCUT2D eigenvalue weighted by molar-refractivity contribution is 6.31. The van der Waals surface area contributed by atoms with Crippen LogP contribution in [0.2, 0.25) is 5.02 Å². The summed E-state index contributed by atoms with van der Waals surface area (Å²) in [5, 5.41) is 3.04. The van der Waals surface area contributed by atoms with Gasteiger partial charge in [-0.25, -0.2) is 0 Å². The smallest absolute Gasteiger partial charge is 0.273 e. The molecule has 0 aromatic heterocycles. The van der Waals surface area contributed by atoms with E-state index in [1.165, 1.54) is 13.2 Å². The third kappa shape index (κ3) is 6.36. The largest absolute Gasteiger partial charge is 0.496 e. The third-order valence-corrected chi connectivity index (χ3v) is 4.61. The molecule has 31 heavy (non-hydrogen) atoms. The summed E-state index contributed by atoms with van der Waals surface area (Å²) in [7, 11) is 1.42. The van der Waals surface area contributed by atoms with Crippen LogP contribution in [0.25, 0.3) is 0 Å². The van der Waals surface area contributed by atoms with Crippen molar-refractivity contribution in [3.05, 3.63) is 58.6 Å². The average Bonchev–Trinajstić information content (AvgIpc) is 2.75. The maximum atomic E-state index is 12.8. The monoisotopic (exact) mass is 447 g/mol. The molecule has 0 aliphatic rings. The minimum absolute atomic E-state index is 0.158. The second kappa shape index (κ2) is 11.2. The van der Waals surface area contributed by atoms with Crippen LogP contribution < -0.4 is 25.6 Å². The van der Waals surface area contributed by atoms with E-state index in [2.05, 4.69) is 16.2 Å². The number of nitrogens with one attached hydrogen (secondary N) is 3. The highest BCUT2D eigenvalue weighted by atomic mass is 35.5. The minimum Gasteiger partial charge on any atom is -0.496 e. The number of hydrazine groups is 1. The summed E-state index contributed by atoms with van der Waals surface area (Å²) in [4.78, 5) is 37.9. The molecule has 0 saturated carbocycles. The maximum absolute atomic E-state index is 12.8. The first-order chi connectivity index (χ1) is 14.8. The second-order valence-corrected chi connectivity index (χ2v) is 7.35. The van der Waals surface area contributed by atoms with Crippen molar-refractivity contribution in [2.24, 2.45) is 5.92 Å². The van der Waals surface area contributed by atoms with Gasteiger partial charge in [0.1, 0.15) is 17.5 Å². The van der Waals surface area contributed by atoms with Crippen molar-refractivity contribution in [2.75, 3.05) is 13.7 Å². The summed E-state index contributed by atoms with van der Waals surface area (Å²) < 4.78 is 10.6. The number of carbonyl (C=O) groups is 3. The van der Waals surface area contributed by atoms with Gasteiger partial charge < -0.3 is 14.8 Å². The van der Waals surface area contributed by atoms with Crippen molar-refractivity contribution in [2.45, 2.75) is 26.8 Å². The number of hydrogen-bond acceptors (Lipinski definition) is 5. The second-order valence-electron chi connectivity index (χ2n) is 6.91. The molecule has 0 fully saturated rings. The van der Waals surface area contributed by atoms with E-state index in [0.717, 1.165) is 0 Å². The Labute approximate surface area is 186 Å². The summed E-state index contributed by atoms with van der Waals surface area (Å²) in [6.07, 6.45) is 0. The lowest BCUT2D eigenvalue weighted by Gasteiger charge is -2.22. The van der Waals surface area contributed by atoms with E-state index < -0.39 is 23.8 Å². The Kier molecular flexibility index (Phi) is 8.69. The van der Waals surface area contributed by atoms with E-state index in [1.807, 2.05) is 6.92 Å². The number of carbonyl (C=O) groups excluding carboxylic acids is 3. The molecule has 2 rings (SSSR count). The van der Waals surface area contributed by atoms with Crippen LogP contribution in [-0.2, 0) is 4.79 Å². The van der Waals surface area contributed by atoms with E-state index in [9.17, 15) is 14.4 Å². The standard InChI is InChI=1S/C22H26ClN3O5/c1-5-31-18-9-7-6-8-15(18)20(27)24-19(13(2)3)22(29)26-25-21(28)16-12-14(23)10-11-17(16)30-4/h6-13,19H,5H2,1-4H3,(H,24,27)(H,25,28)(H,26,29)/t19-/m0/s1.